The lowest BCUT2D eigenvalue weighted by Gasteiger charge is -2.31. The van der Waals surface area contributed by atoms with Crippen LogP contribution in [0.3, 0.4) is 0 Å². The van der Waals surface area contributed by atoms with Crippen molar-refractivity contribution in [1.82, 2.24) is 5.32 Å². The number of hydrogen-bond donors (Lipinski definition) is 2. The van der Waals surface area contributed by atoms with Gasteiger partial charge in [0, 0.05) is 12.1 Å². The minimum atomic E-state index is -4.29. The van der Waals surface area contributed by atoms with Crippen LogP contribution in [-0.4, -0.2) is 17.3 Å². The minimum Gasteiger partial charge on any atom is -0.393 e. The zero-order chi connectivity index (χ0) is 15.7. The number of aliphatic hydroxyl groups is 1. The van der Waals surface area contributed by atoms with Crippen LogP contribution in [0.5, 0.6) is 0 Å². The molecule has 0 aliphatic heterocycles. The van der Waals surface area contributed by atoms with Crippen LogP contribution in [0.2, 0.25) is 0 Å². The first-order chi connectivity index (χ1) is 10.4. The normalized spacial score (nSPS) is 27.6. The fraction of sp³-hybridized carbons (Fsp3) is 0.647. The van der Waals surface area contributed by atoms with Crippen molar-refractivity contribution in [3.63, 3.8) is 0 Å². The zero-order valence-electron chi connectivity index (χ0n) is 12.4. The zero-order valence-corrected chi connectivity index (χ0v) is 12.4. The second kappa shape index (κ2) is 6.20. The van der Waals surface area contributed by atoms with Gasteiger partial charge >= 0.3 is 6.18 Å². The summed E-state index contributed by atoms with van der Waals surface area (Å²) in [7, 11) is 0. The summed E-state index contributed by atoms with van der Waals surface area (Å²) in [5.74, 6) is 0.440. The molecule has 0 saturated heterocycles. The number of rotatable bonds is 4. The number of nitrogens with one attached hydrogen (secondary N) is 1. The Kier molecular flexibility index (Phi) is 4.46. The van der Waals surface area contributed by atoms with E-state index in [1.165, 1.54) is 12.1 Å². The van der Waals surface area contributed by atoms with E-state index in [0.29, 0.717) is 12.0 Å². The Morgan fingerprint density at radius 3 is 2.32 bits per heavy atom. The molecule has 122 valence electrons. The molecule has 2 aliphatic rings. The number of aliphatic hydroxyl groups excluding tert-OH is 1. The smallest absolute Gasteiger partial charge is 0.393 e. The van der Waals surface area contributed by atoms with Crippen molar-refractivity contribution in [1.29, 1.82) is 0 Å². The molecule has 2 fully saturated rings. The summed E-state index contributed by atoms with van der Waals surface area (Å²) in [6.07, 6.45) is 0.971. The number of halogens is 3. The van der Waals surface area contributed by atoms with Crippen LogP contribution in [0, 0.1) is 5.92 Å². The highest BCUT2D eigenvalue weighted by molar-refractivity contribution is 5.29. The third-order valence-corrected chi connectivity index (χ3v) is 4.78. The van der Waals surface area contributed by atoms with E-state index in [4.69, 9.17) is 0 Å². The molecule has 2 saturated carbocycles. The predicted octanol–water partition coefficient (Wildman–Crippen LogP) is 4.05. The van der Waals surface area contributed by atoms with Crippen molar-refractivity contribution >= 4 is 0 Å². The van der Waals surface area contributed by atoms with E-state index in [-0.39, 0.29) is 12.1 Å². The lowest BCUT2D eigenvalue weighted by molar-refractivity contribution is -0.137. The molecule has 2 nitrogen and oxygen atoms in total. The molecule has 2 aliphatic carbocycles. The first-order valence-electron chi connectivity index (χ1n) is 8.05. The van der Waals surface area contributed by atoms with E-state index in [1.807, 2.05) is 0 Å². The Morgan fingerprint density at radius 1 is 1.05 bits per heavy atom. The topological polar surface area (TPSA) is 32.3 Å². The minimum absolute atomic E-state index is 0.00235. The van der Waals surface area contributed by atoms with E-state index < -0.39 is 11.7 Å². The molecule has 0 radical (unpaired) electrons. The molecular weight excluding hydrogens is 291 g/mol. The van der Waals surface area contributed by atoms with Crippen LogP contribution >= 0.6 is 0 Å². The summed E-state index contributed by atoms with van der Waals surface area (Å²) in [4.78, 5) is 0. The van der Waals surface area contributed by atoms with Crippen molar-refractivity contribution in [2.24, 2.45) is 5.92 Å². The average molecular weight is 313 g/mol. The average Bonchev–Trinajstić information content (AvgIpc) is 3.30. The van der Waals surface area contributed by atoms with Crippen LogP contribution < -0.4 is 5.32 Å². The second-order valence-electron chi connectivity index (χ2n) is 6.61. The summed E-state index contributed by atoms with van der Waals surface area (Å²) in [5.41, 5.74) is 0.167. The Hall–Kier alpha value is -1.07. The molecule has 1 atom stereocenters. The molecule has 0 bridgehead atoms. The molecule has 0 spiro atoms. The van der Waals surface area contributed by atoms with Crippen molar-refractivity contribution < 1.29 is 18.3 Å². The van der Waals surface area contributed by atoms with Crippen LogP contribution in [0.1, 0.15) is 55.7 Å². The van der Waals surface area contributed by atoms with Gasteiger partial charge in [0.1, 0.15) is 0 Å². The molecule has 0 heterocycles. The van der Waals surface area contributed by atoms with Gasteiger partial charge in [0.05, 0.1) is 11.7 Å². The predicted molar refractivity (Wildman–Crippen MR) is 78.3 cm³/mol. The number of hydrogen-bond acceptors (Lipinski definition) is 2. The monoisotopic (exact) mass is 313 g/mol. The highest BCUT2D eigenvalue weighted by atomic mass is 19.4. The van der Waals surface area contributed by atoms with Gasteiger partial charge in [0.25, 0.3) is 0 Å². The molecule has 3 rings (SSSR count). The van der Waals surface area contributed by atoms with Gasteiger partial charge in [-0.2, -0.15) is 13.2 Å². The summed E-state index contributed by atoms with van der Waals surface area (Å²) in [6, 6.07) is 6.01. The molecule has 2 N–H and O–H groups in total. The van der Waals surface area contributed by atoms with Crippen molar-refractivity contribution in [2.45, 2.75) is 62.9 Å². The van der Waals surface area contributed by atoms with E-state index >= 15 is 0 Å². The third kappa shape index (κ3) is 3.82. The molecule has 1 aromatic rings. The molecule has 0 aromatic heterocycles. The van der Waals surface area contributed by atoms with Crippen LogP contribution in [0.4, 0.5) is 13.2 Å². The molecule has 0 amide bonds. The van der Waals surface area contributed by atoms with Gasteiger partial charge in [-0.3, -0.25) is 0 Å². The van der Waals surface area contributed by atoms with E-state index in [9.17, 15) is 18.3 Å². The van der Waals surface area contributed by atoms with Gasteiger partial charge in [-0.25, -0.2) is 0 Å². The summed E-state index contributed by atoms with van der Waals surface area (Å²) in [6.45, 7) is 0. The second-order valence-corrected chi connectivity index (χ2v) is 6.61. The van der Waals surface area contributed by atoms with Crippen LogP contribution in [-0.2, 0) is 6.18 Å². The van der Waals surface area contributed by atoms with Crippen LogP contribution in [0.25, 0.3) is 0 Å². The first-order valence-corrected chi connectivity index (χ1v) is 8.05. The highest BCUT2D eigenvalue weighted by Gasteiger charge is 2.36. The summed E-state index contributed by atoms with van der Waals surface area (Å²) >= 11 is 0. The standard InChI is InChI=1S/C17H22F3NO/c18-17(19,20)13-3-1-2-12(10-13)16(11-4-5-11)21-14-6-8-15(22)9-7-14/h1-3,10-11,14-16,21-22H,4-9H2. The maximum absolute atomic E-state index is 12.9. The summed E-state index contributed by atoms with van der Waals surface area (Å²) < 4.78 is 38.7. The fourth-order valence-electron chi connectivity index (χ4n) is 3.34. The molecule has 22 heavy (non-hydrogen) atoms. The third-order valence-electron chi connectivity index (χ3n) is 4.78. The SMILES string of the molecule is OC1CCC(NC(c2cccc(C(F)(F)F)c2)C2CC2)CC1. The molecular formula is C17H22F3NO. The first kappa shape index (κ1) is 15.8. The Labute approximate surface area is 128 Å². The van der Waals surface area contributed by atoms with Crippen molar-refractivity contribution in [3.05, 3.63) is 35.4 Å². The van der Waals surface area contributed by atoms with Gasteiger partial charge in [0.2, 0.25) is 0 Å². The van der Waals surface area contributed by atoms with Gasteiger partial charge in [-0.1, -0.05) is 12.1 Å². The maximum Gasteiger partial charge on any atom is 0.416 e. The van der Waals surface area contributed by atoms with Gasteiger partial charge < -0.3 is 10.4 Å². The highest BCUT2D eigenvalue weighted by Crippen LogP contribution is 2.43. The maximum atomic E-state index is 12.9. The molecule has 1 aromatic carbocycles. The fourth-order valence-corrected chi connectivity index (χ4v) is 3.34. The largest absolute Gasteiger partial charge is 0.416 e. The van der Waals surface area contributed by atoms with Crippen molar-refractivity contribution in [3.8, 4) is 0 Å². The van der Waals surface area contributed by atoms with E-state index in [2.05, 4.69) is 5.32 Å². The molecule has 1 unspecified atom stereocenters. The van der Waals surface area contributed by atoms with Gasteiger partial charge in [-0.05, 0) is 62.1 Å². The Balaban J connectivity index is 1.74. The van der Waals surface area contributed by atoms with Gasteiger partial charge in [-0.15, -0.1) is 0 Å². The van der Waals surface area contributed by atoms with E-state index in [1.54, 1.807) is 6.07 Å². The molecule has 5 heteroatoms. The van der Waals surface area contributed by atoms with Crippen LogP contribution in [0.15, 0.2) is 24.3 Å². The number of alkyl halides is 3. The summed E-state index contributed by atoms with van der Waals surface area (Å²) in [5, 5.41) is 13.1. The van der Waals surface area contributed by atoms with Gasteiger partial charge in [0.15, 0.2) is 0 Å². The Morgan fingerprint density at radius 2 is 1.73 bits per heavy atom. The Bertz CT molecular complexity index is 505. The quantitative estimate of drug-likeness (QED) is 0.879. The van der Waals surface area contributed by atoms with Crippen molar-refractivity contribution in [2.75, 3.05) is 0 Å². The van der Waals surface area contributed by atoms with E-state index in [0.717, 1.165) is 50.2 Å². The lowest BCUT2D eigenvalue weighted by Crippen LogP contribution is -2.38. The number of benzene rings is 1. The lowest BCUT2D eigenvalue weighted by atomic mass is 9.91.